The summed E-state index contributed by atoms with van der Waals surface area (Å²) in [5, 5.41) is 12.4. The quantitative estimate of drug-likeness (QED) is 0.350. The van der Waals surface area contributed by atoms with Gasteiger partial charge in [-0.1, -0.05) is 33.3 Å². The summed E-state index contributed by atoms with van der Waals surface area (Å²) in [5.41, 5.74) is -0.134. The van der Waals surface area contributed by atoms with Gasteiger partial charge in [0.05, 0.1) is 12.5 Å². The van der Waals surface area contributed by atoms with E-state index < -0.39 is 11.4 Å². The fourth-order valence-corrected chi connectivity index (χ4v) is 2.06. The van der Waals surface area contributed by atoms with E-state index >= 15 is 0 Å². The molecule has 0 aromatic heterocycles. The summed E-state index contributed by atoms with van der Waals surface area (Å²) in [6.45, 7) is 7.62. The van der Waals surface area contributed by atoms with Crippen molar-refractivity contribution < 1.29 is 33.5 Å². The Morgan fingerprint density at radius 1 is 1.12 bits per heavy atom. The summed E-state index contributed by atoms with van der Waals surface area (Å²) < 4.78 is 4.78. The monoisotopic (exact) mass is 234 g/mol. The molecule has 0 radical (unpaired) electrons. The molecule has 0 aromatic rings. The van der Waals surface area contributed by atoms with E-state index in [1.54, 1.807) is 0 Å². The Labute approximate surface area is 117 Å². The fourth-order valence-electron chi connectivity index (χ4n) is 2.06. The van der Waals surface area contributed by atoms with Crippen molar-refractivity contribution in [2.45, 2.75) is 53.4 Å². The standard InChI is InChI=1S/C13H24O3.Li/c1-6-10(7-2)11(14)13(8-3,9-4)12(15)16-5;/h14H,6-9H2,1-5H3;/q;+1/p-1. The zero-order valence-electron chi connectivity index (χ0n) is 12.1. The van der Waals surface area contributed by atoms with Crippen LogP contribution in [-0.2, 0) is 9.53 Å². The number of carbonyl (C=O) groups excluding carboxylic acids is 1. The summed E-state index contributed by atoms with van der Waals surface area (Å²) in [6, 6.07) is 0. The molecule has 94 valence electrons. The third kappa shape index (κ3) is 3.79. The molecular weight excluding hydrogens is 211 g/mol. The first-order valence-electron chi connectivity index (χ1n) is 6.01. The van der Waals surface area contributed by atoms with Crippen molar-refractivity contribution in [3.8, 4) is 0 Å². The first kappa shape index (κ1) is 19.0. The number of methoxy groups -OCH3 is 1. The third-order valence-electron chi connectivity index (χ3n) is 3.39. The van der Waals surface area contributed by atoms with Crippen molar-refractivity contribution in [3.63, 3.8) is 0 Å². The number of hydrogen-bond donors (Lipinski definition) is 0. The normalized spacial score (nSPS) is 10.4. The number of carbonyl (C=O) groups is 1. The van der Waals surface area contributed by atoms with E-state index in [1.165, 1.54) is 7.11 Å². The van der Waals surface area contributed by atoms with Crippen LogP contribution in [0.15, 0.2) is 11.3 Å². The molecule has 0 unspecified atom stereocenters. The summed E-state index contributed by atoms with van der Waals surface area (Å²) in [6.07, 6.45) is 2.40. The molecular formula is C13H23LiO3. The Morgan fingerprint density at radius 3 is 1.76 bits per heavy atom. The predicted octanol–water partition coefficient (Wildman–Crippen LogP) is -0.596. The SMILES string of the molecule is CCC(CC)=C([O-])C(CC)(CC)C(=O)OC.[Li+]. The molecule has 0 N–H and O–H groups in total. The molecule has 17 heavy (non-hydrogen) atoms. The van der Waals surface area contributed by atoms with Crippen LogP contribution < -0.4 is 24.0 Å². The fraction of sp³-hybridized carbons (Fsp3) is 0.769. The molecule has 0 aliphatic rings. The van der Waals surface area contributed by atoms with Crippen molar-refractivity contribution in [2.24, 2.45) is 5.41 Å². The van der Waals surface area contributed by atoms with Gasteiger partial charge in [-0.25, -0.2) is 0 Å². The molecule has 0 aliphatic carbocycles. The van der Waals surface area contributed by atoms with Crippen LogP contribution in [0.1, 0.15) is 53.4 Å². The minimum Gasteiger partial charge on any atom is -0.875 e. The maximum Gasteiger partial charge on any atom is 1.00 e. The molecule has 0 amide bonds. The van der Waals surface area contributed by atoms with Gasteiger partial charge in [0.2, 0.25) is 0 Å². The van der Waals surface area contributed by atoms with Gasteiger partial charge in [-0.05, 0) is 25.7 Å². The zero-order chi connectivity index (χ0) is 12.8. The molecule has 0 atom stereocenters. The van der Waals surface area contributed by atoms with Gasteiger partial charge in [-0.2, -0.15) is 0 Å². The van der Waals surface area contributed by atoms with Crippen LogP contribution in [0.25, 0.3) is 0 Å². The molecule has 0 rings (SSSR count). The molecule has 4 heteroatoms. The molecule has 0 heterocycles. The Morgan fingerprint density at radius 2 is 1.53 bits per heavy atom. The summed E-state index contributed by atoms with van der Waals surface area (Å²) in [4.78, 5) is 11.8. The van der Waals surface area contributed by atoms with E-state index in [2.05, 4.69) is 0 Å². The average Bonchev–Trinajstić information content (AvgIpc) is 2.32. The van der Waals surface area contributed by atoms with Gasteiger partial charge in [-0.15, -0.1) is 5.76 Å². The van der Waals surface area contributed by atoms with Gasteiger partial charge in [0.1, 0.15) is 0 Å². The van der Waals surface area contributed by atoms with E-state index in [9.17, 15) is 9.90 Å². The smallest absolute Gasteiger partial charge is 0.875 e. The van der Waals surface area contributed by atoms with Crippen LogP contribution in [-0.4, -0.2) is 13.1 Å². The molecule has 0 aromatic carbocycles. The maximum absolute atomic E-state index is 12.4. The number of ether oxygens (including phenoxy) is 1. The number of allylic oxidation sites excluding steroid dienone is 1. The molecule has 0 bridgehead atoms. The largest absolute Gasteiger partial charge is 1.00 e. The van der Waals surface area contributed by atoms with Crippen LogP contribution in [0.3, 0.4) is 0 Å². The molecule has 0 aliphatic heterocycles. The van der Waals surface area contributed by atoms with Gasteiger partial charge in [-0.3, -0.25) is 4.79 Å². The Kier molecular flexibility index (Phi) is 9.66. The second-order valence-corrected chi connectivity index (χ2v) is 3.92. The predicted molar refractivity (Wildman–Crippen MR) is 62.6 cm³/mol. The van der Waals surface area contributed by atoms with Gasteiger partial charge in [0.15, 0.2) is 0 Å². The maximum atomic E-state index is 12.4. The van der Waals surface area contributed by atoms with E-state index in [1.807, 2.05) is 27.7 Å². The Balaban J connectivity index is 0. The van der Waals surface area contributed by atoms with E-state index in [0.29, 0.717) is 25.7 Å². The van der Waals surface area contributed by atoms with Gasteiger partial charge in [0.25, 0.3) is 0 Å². The minimum atomic E-state index is -0.962. The second kappa shape index (κ2) is 8.66. The van der Waals surface area contributed by atoms with Gasteiger partial charge >= 0.3 is 24.8 Å². The van der Waals surface area contributed by atoms with Crippen LogP contribution in [0, 0.1) is 5.41 Å². The van der Waals surface area contributed by atoms with Crippen LogP contribution in [0.5, 0.6) is 0 Å². The Hall–Kier alpha value is -0.393. The van der Waals surface area contributed by atoms with Crippen LogP contribution >= 0.6 is 0 Å². The van der Waals surface area contributed by atoms with Crippen molar-refractivity contribution in [1.29, 1.82) is 0 Å². The number of rotatable bonds is 6. The first-order valence-corrected chi connectivity index (χ1v) is 6.01. The Bertz CT molecular complexity index is 262. The third-order valence-corrected chi connectivity index (χ3v) is 3.39. The molecule has 3 nitrogen and oxygen atoms in total. The number of esters is 1. The van der Waals surface area contributed by atoms with Gasteiger partial charge < -0.3 is 9.84 Å². The van der Waals surface area contributed by atoms with Crippen LogP contribution in [0.4, 0.5) is 0 Å². The van der Waals surface area contributed by atoms with E-state index in [4.69, 9.17) is 4.74 Å². The molecule has 0 fully saturated rings. The first-order chi connectivity index (χ1) is 7.53. The van der Waals surface area contributed by atoms with E-state index in [0.717, 1.165) is 5.57 Å². The summed E-state index contributed by atoms with van der Waals surface area (Å²) in [7, 11) is 1.34. The minimum absolute atomic E-state index is 0. The average molecular weight is 234 g/mol. The van der Waals surface area contributed by atoms with Crippen molar-refractivity contribution in [2.75, 3.05) is 7.11 Å². The van der Waals surface area contributed by atoms with Crippen molar-refractivity contribution in [1.82, 2.24) is 0 Å². The van der Waals surface area contributed by atoms with Gasteiger partial charge in [0, 0.05) is 0 Å². The zero-order valence-corrected chi connectivity index (χ0v) is 12.1. The number of hydrogen-bond acceptors (Lipinski definition) is 3. The topological polar surface area (TPSA) is 49.4 Å². The molecule has 0 spiro atoms. The summed E-state index contributed by atoms with van der Waals surface area (Å²) in [5.74, 6) is -0.434. The van der Waals surface area contributed by atoms with Crippen molar-refractivity contribution >= 4 is 5.97 Å². The van der Waals surface area contributed by atoms with E-state index in [-0.39, 0.29) is 24.6 Å². The summed E-state index contributed by atoms with van der Waals surface area (Å²) >= 11 is 0. The molecule has 0 saturated heterocycles. The van der Waals surface area contributed by atoms with Crippen molar-refractivity contribution in [3.05, 3.63) is 11.3 Å². The second-order valence-electron chi connectivity index (χ2n) is 3.92. The van der Waals surface area contributed by atoms with Crippen LogP contribution in [0.2, 0.25) is 0 Å². The molecule has 0 saturated carbocycles.